The molecule has 0 heterocycles. The van der Waals surface area contributed by atoms with Crippen molar-refractivity contribution >= 4 is 21.8 Å². The van der Waals surface area contributed by atoms with Crippen LogP contribution in [-0.2, 0) is 14.6 Å². The van der Waals surface area contributed by atoms with Crippen molar-refractivity contribution in [3.8, 4) is 0 Å². The Labute approximate surface area is 126 Å². The summed E-state index contributed by atoms with van der Waals surface area (Å²) in [6, 6.07) is 7.55. The molecule has 0 aromatic heterocycles. The van der Waals surface area contributed by atoms with E-state index in [2.05, 4.69) is 5.32 Å². The second-order valence-electron chi connectivity index (χ2n) is 4.72. The minimum absolute atomic E-state index is 0.00623. The van der Waals surface area contributed by atoms with Gasteiger partial charge >= 0.3 is 0 Å². The number of carbonyl (C=O) groups is 1. The van der Waals surface area contributed by atoms with Gasteiger partial charge in [0.15, 0.2) is 9.84 Å². The minimum Gasteiger partial charge on any atom is -0.372 e. The molecule has 0 saturated carbocycles. The first-order chi connectivity index (χ1) is 10.3. The summed E-state index contributed by atoms with van der Waals surface area (Å²) in [5.74, 6) is -1.24. The quantitative estimate of drug-likeness (QED) is 0.859. The number of halogens is 2. The van der Waals surface area contributed by atoms with Crippen LogP contribution in [0.2, 0.25) is 0 Å². The van der Waals surface area contributed by atoms with Gasteiger partial charge in [0.1, 0.15) is 24.0 Å². The molecule has 0 spiro atoms. The van der Waals surface area contributed by atoms with Crippen LogP contribution in [0.3, 0.4) is 0 Å². The lowest BCUT2D eigenvalue weighted by atomic mass is 10.1. The van der Waals surface area contributed by atoms with Crippen molar-refractivity contribution in [2.24, 2.45) is 0 Å². The molecule has 7 heteroatoms. The Morgan fingerprint density at radius 1 is 1.09 bits per heavy atom. The average molecular weight is 325 g/mol. The monoisotopic (exact) mass is 325 g/mol. The number of anilines is 1. The molecule has 2 aromatic carbocycles. The molecule has 4 nitrogen and oxygen atoms in total. The highest BCUT2D eigenvalue weighted by Crippen LogP contribution is 2.23. The lowest BCUT2D eigenvalue weighted by Crippen LogP contribution is -2.14. The molecule has 1 N–H and O–H groups in total. The summed E-state index contributed by atoms with van der Waals surface area (Å²) >= 11 is 0. The van der Waals surface area contributed by atoms with Gasteiger partial charge in [0.05, 0.1) is 4.90 Å². The molecule has 0 aliphatic carbocycles. The molecule has 0 fully saturated rings. The Hall–Kier alpha value is -2.28. The number of hydrogen-bond donors (Lipinski definition) is 1. The lowest BCUT2D eigenvalue weighted by Gasteiger charge is -2.15. The maximum Gasteiger partial charge on any atom is 0.175 e. The number of sulfone groups is 1. The van der Waals surface area contributed by atoms with Gasteiger partial charge in [-0.05, 0) is 36.4 Å². The van der Waals surface area contributed by atoms with Crippen molar-refractivity contribution in [1.29, 1.82) is 0 Å². The molecule has 2 rings (SSSR count). The Bertz CT molecular complexity index is 789. The highest BCUT2D eigenvalue weighted by atomic mass is 32.2. The van der Waals surface area contributed by atoms with E-state index < -0.39 is 27.5 Å². The van der Waals surface area contributed by atoms with Gasteiger partial charge < -0.3 is 10.1 Å². The Kier molecular flexibility index (Phi) is 4.56. The van der Waals surface area contributed by atoms with Gasteiger partial charge in [-0.2, -0.15) is 0 Å². The van der Waals surface area contributed by atoms with E-state index in [-0.39, 0.29) is 10.5 Å². The van der Waals surface area contributed by atoms with Crippen LogP contribution >= 0.6 is 0 Å². The van der Waals surface area contributed by atoms with Crippen molar-refractivity contribution in [2.45, 2.75) is 10.9 Å². The highest BCUT2D eigenvalue weighted by molar-refractivity contribution is 7.90. The van der Waals surface area contributed by atoms with E-state index in [4.69, 9.17) is 0 Å². The summed E-state index contributed by atoms with van der Waals surface area (Å²) < 4.78 is 49.6. The number of hydrogen-bond acceptors (Lipinski definition) is 4. The molecule has 2 aromatic rings. The van der Waals surface area contributed by atoms with Gasteiger partial charge in [-0.25, -0.2) is 17.2 Å². The molecule has 0 aliphatic rings. The predicted octanol–water partition coefficient (Wildman–Crippen LogP) is 2.72. The van der Waals surface area contributed by atoms with Gasteiger partial charge in [0, 0.05) is 17.5 Å². The Morgan fingerprint density at radius 2 is 1.73 bits per heavy atom. The van der Waals surface area contributed by atoms with Crippen LogP contribution in [0.5, 0.6) is 0 Å². The highest BCUT2D eigenvalue weighted by Gasteiger charge is 2.18. The van der Waals surface area contributed by atoms with E-state index in [0.717, 1.165) is 12.3 Å². The SMILES string of the molecule is CS(=O)(=O)c1ccc(C(C=O)Nc2ccc(F)cc2)c(F)c1. The summed E-state index contributed by atoms with van der Waals surface area (Å²) in [5.41, 5.74) is 0.441. The minimum atomic E-state index is -3.53. The number of aldehydes is 1. The maximum absolute atomic E-state index is 14.1. The Morgan fingerprint density at radius 3 is 2.23 bits per heavy atom. The average Bonchev–Trinajstić information content (AvgIpc) is 2.46. The summed E-state index contributed by atoms with van der Waals surface area (Å²) in [6.45, 7) is 0. The van der Waals surface area contributed by atoms with Gasteiger partial charge in [-0.3, -0.25) is 0 Å². The topological polar surface area (TPSA) is 63.2 Å². The molecule has 0 saturated heterocycles. The summed E-state index contributed by atoms with van der Waals surface area (Å²) in [5, 5.41) is 2.75. The summed E-state index contributed by atoms with van der Waals surface area (Å²) in [6.07, 6.45) is 1.46. The fourth-order valence-corrected chi connectivity index (χ4v) is 2.53. The first-order valence-corrected chi connectivity index (χ1v) is 8.17. The van der Waals surface area contributed by atoms with Crippen molar-refractivity contribution in [3.05, 3.63) is 59.7 Å². The fraction of sp³-hybridized carbons (Fsp3) is 0.133. The molecule has 0 bridgehead atoms. The molecular weight excluding hydrogens is 312 g/mol. The number of benzene rings is 2. The zero-order chi connectivity index (χ0) is 16.3. The summed E-state index contributed by atoms with van der Waals surface area (Å²) in [7, 11) is -3.53. The molecule has 1 unspecified atom stereocenters. The van der Waals surface area contributed by atoms with Crippen molar-refractivity contribution in [2.75, 3.05) is 11.6 Å². The van der Waals surface area contributed by atoms with E-state index in [1.165, 1.54) is 36.4 Å². The second-order valence-corrected chi connectivity index (χ2v) is 6.74. The third kappa shape index (κ3) is 3.67. The van der Waals surface area contributed by atoms with Crippen LogP contribution in [0.25, 0.3) is 0 Å². The van der Waals surface area contributed by atoms with Gasteiger partial charge in [-0.15, -0.1) is 0 Å². The largest absolute Gasteiger partial charge is 0.372 e. The van der Waals surface area contributed by atoms with Crippen molar-refractivity contribution < 1.29 is 22.0 Å². The van der Waals surface area contributed by atoms with Gasteiger partial charge in [0.25, 0.3) is 0 Å². The predicted molar refractivity (Wildman–Crippen MR) is 78.3 cm³/mol. The lowest BCUT2D eigenvalue weighted by molar-refractivity contribution is -0.108. The third-order valence-corrected chi connectivity index (χ3v) is 4.15. The molecule has 0 amide bonds. The van der Waals surface area contributed by atoms with E-state index in [1.54, 1.807) is 0 Å². The van der Waals surface area contributed by atoms with Gasteiger partial charge in [0.2, 0.25) is 0 Å². The van der Waals surface area contributed by atoms with Crippen molar-refractivity contribution in [3.63, 3.8) is 0 Å². The van der Waals surface area contributed by atoms with Crippen LogP contribution in [-0.4, -0.2) is 21.0 Å². The first kappa shape index (κ1) is 16.1. The maximum atomic E-state index is 14.1. The molecule has 116 valence electrons. The zero-order valence-corrected chi connectivity index (χ0v) is 12.4. The molecule has 0 radical (unpaired) electrons. The van der Waals surface area contributed by atoms with Crippen LogP contribution in [0.15, 0.2) is 47.4 Å². The van der Waals surface area contributed by atoms with E-state index in [9.17, 15) is 22.0 Å². The molecule has 22 heavy (non-hydrogen) atoms. The normalized spacial score (nSPS) is 12.7. The van der Waals surface area contributed by atoms with E-state index in [0.29, 0.717) is 12.0 Å². The van der Waals surface area contributed by atoms with Gasteiger partial charge in [-0.1, -0.05) is 6.07 Å². The number of nitrogens with one attached hydrogen (secondary N) is 1. The van der Waals surface area contributed by atoms with E-state index >= 15 is 0 Å². The standard InChI is InChI=1S/C15H13F2NO3S/c1-22(20,21)12-6-7-13(14(17)8-12)15(9-19)18-11-4-2-10(16)3-5-11/h2-9,15,18H,1H3. The first-order valence-electron chi connectivity index (χ1n) is 6.28. The van der Waals surface area contributed by atoms with Crippen molar-refractivity contribution in [1.82, 2.24) is 0 Å². The van der Waals surface area contributed by atoms with Crippen LogP contribution < -0.4 is 5.32 Å². The fourth-order valence-electron chi connectivity index (χ4n) is 1.90. The molecule has 0 aliphatic heterocycles. The Balaban J connectivity index is 2.31. The van der Waals surface area contributed by atoms with E-state index in [1.807, 2.05) is 0 Å². The number of rotatable bonds is 5. The summed E-state index contributed by atoms with van der Waals surface area (Å²) in [4.78, 5) is 11.0. The van der Waals surface area contributed by atoms with Crippen LogP contribution in [0, 0.1) is 11.6 Å². The second kappa shape index (κ2) is 6.23. The van der Waals surface area contributed by atoms with Crippen LogP contribution in [0.1, 0.15) is 11.6 Å². The zero-order valence-electron chi connectivity index (χ0n) is 11.6. The number of carbonyl (C=O) groups excluding carboxylic acids is 1. The molecule has 1 atom stereocenters. The smallest absolute Gasteiger partial charge is 0.175 e. The molecular formula is C15H13F2NO3S. The third-order valence-electron chi connectivity index (χ3n) is 3.04. The van der Waals surface area contributed by atoms with Crippen LogP contribution in [0.4, 0.5) is 14.5 Å².